The third kappa shape index (κ3) is 5.31. The number of hydrogen-bond acceptors (Lipinski definition) is 5. The van der Waals surface area contributed by atoms with Gasteiger partial charge in [-0.2, -0.15) is 0 Å². The second kappa shape index (κ2) is 10.5. The lowest BCUT2D eigenvalue weighted by Crippen LogP contribution is -2.39. The molecule has 0 saturated heterocycles. The monoisotopic (exact) mass is 408 g/mol. The van der Waals surface area contributed by atoms with Crippen LogP contribution in [0.4, 0.5) is 0 Å². The van der Waals surface area contributed by atoms with E-state index in [2.05, 4.69) is 4.98 Å². The smallest absolute Gasteiger partial charge is 0.261 e. The minimum atomic E-state index is -0.377. The highest BCUT2D eigenvalue weighted by Crippen LogP contribution is 2.22. The number of hydrogen-bond donors (Lipinski definition) is 1. The molecule has 0 spiro atoms. The maximum Gasteiger partial charge on any atom is 0.261 e. The number of rotatable bonds is 10. The van der Waals surface area contributed by atoms with E-state index >= 15 is 0 Å². The molecule has 0 aliphatic carbocycles. The minimum Gasteiger partial charge on any atom is -0.375 e. The molecule has 2 aromatic rings. The predicted octanol–water partition coefficient (Wildman–Crippen LogP) is 2.64. The highest BCUT2D eigenvalue weighted by Gasteiger charge is 2.25. The number of unbranched alkanes of at least 4 members (excludes halogenated alkanes) is 3. The first-order valence-electron chi connectivity index (χ1n) is 9.55. The Kier molecular flexibility index (Phi) is 8.41. The fourth-order valence-corrected chi connectivity index (χ4v) is 3.46. The molecule has 1 unspecified atom stereocenters. The number of fused-ring (bicyclic) bond motifs is 1. The molecule has 0 radical (unpaired) electrons. The van der Waals surface area contributed by atoms with Gasteiger partial charge in [0.1, 0.15) is 12.4 Å². The number of carbonyl (C=O) groups excluding carboxylic acids is 1. The molecule has 7 nitrogen and oxygen atoms in total. The topological polar surface area (TPSA) is 90.5 Å². The van der Waals surface area contributed by atoms with Crippen LogP contribution in [0.25, 0.3) is 10.9 Å². The summed E-state index contributed by atoms with van der Waals surface area (Å²) in [6, 6.07) is 4.64. The van der Waals surface area contributed by atoms with Crippen LogP contribution < -0.4 is 11.3 Å². The van der Waals surface area contributed by atoms with Crippen LogP contribution in [0.15, 0.2) is 23.0 Å². The van der Waals surface area contributed by atoms with Crippen LogP contribution in [0.2, 0.25) is 5.02 Å². The van der Waals surface area contributed by atoms with Gasteiger partial charge in [0.25, 0.3) is 5.56 Å². The molecule has 1 aromatic heterocycles. The summed E-state index contributed by atoms with van der Waals surface area (Å²) >= 11 is 6.07. The van der Waals surface area contributed by atoms with Crippen molar-refractivity contribution in [2.45, 2.75) is 38.6 Å². The van der Waals surface area contributed by atoms with Crippen LogP contribution in [0.1, 0.15) is 44.5 Å². The highest BCUT2D eigenvalue weighted by atomic mass is 35.5. The van der Waals surface area contributed by atoms with E-state index in [-0.39, 0.29) is 24.1 Å². The second-order valence-corrected chi connectivity index (χ2v) is 7.33. The van der Waals surface area contributed by atoms with Crippen LogP contribution in [-0.2, 0) is 16.6 Å². The van der Waals surface area contributed by atoms with Crippen molar-refractivity contribution in [2.75, 3.05) is 26.8 Å². The van der Waals surface area contributed by atoms with Crippen LogP contribution in [0, 0.1) is 0 Å². The standard InChI is InChI=1S/C20H29ClN4O3/c1-14(25(18(26)13-28-3)11-7-5-4-6-10-22)19-23-17-12-15(21)8-9-16(17)20(27)24(19)2/h8-9,12,14H,4-7,10-11,13,22H2,1-3H3. The number of aromatic nitrogens is 2. The number of benzene rings is 1. The van der Waals surface area contributed by atoms with Gasteiger partial charge in [0.2, 0.25) is 5.91 Å². The zero-order chi connectivity index (χ0) is 20.7. The van der Waals surface area contributed by atoms with Crippen molar-refractivity contribution in [3.63, 3.8) is 0 Å². The number of amides is 1. The maximum absolute atomic E-state index is 12.8. The fourth-order valence-electron chi connectivity index (χ4n) is 3.30. The van der Waals surface area contributed by atoms with E-state index in [1.54, 1.807) is 30.1 Å². The quantitative estimate of drug-likeness (QED) is 0.610. The van der Waals surface area contributed by atoms with Gasteiger partial charge in [0.05, 0.1) is 16.9 Å². The Morgan fingerprint density at radius 1 is 1.32 bits per heavy atom. The average molecular weight is 409 g/mol. The number of nitrogens with two attached hydrogens (primary N) is 1. The van der Waals surface area contributed by atoms with Crippen molar-refractivity contribution in [3.8, 4) is 0 Å². The molecule has 1 amide bonds. The van der Waals surface area contributed by atoms with Gasteiger partial charge in [0, 0.05) is 25.7 Å². The van der Waals surface area contributed by atoms with Crippen molar-refractivity contribution in [3.05, 3.63) is 39.4 Å². The third-order valence-corrected chi connectivity index (χ3v) is 5.09. The molecule has 2 N–H and O–H groups in total. The van der Waals surface area contributed by atoms with Crippen molar-refractivity contribution in [2.24, 2.45) is 12.8 Å². The lowest BCUT2D eigenvalue weighted by atomic mass is 10.1. The Balaban J connectivity index is 2.33. The molecule has 0 bridgehead atoms. The predicted molar refractivity (Wildman–Crippen MR) is 112 cm³/mol. The number of ether oxygens (including phenoxy) is 1. The first-order chi connectivity index (χ1) is 13.4. The molecule has 8 heteroatoms. The Morgan fingerprint density at radius 2 is 2.04 bits per heavy atom. The van der Waals surface area contributed by atoms with Gasteiger partial charge in [-0.3, -0.25) is 14.2 Å². The molecular weight excluding hydrogens is 380 g/mol. The molecule has 0 fully saturated rings. The zero-order valence-corrected chi connectivity index (χ0v) is 17.5. The highest BCUT2D eigenvalue weighted by molar-refractivity contribution is 6.31. The summed E-state index contributed by atoms with van der Waals surface area (Å²) in [7, 11) is 3.17. The normalized spacial score (nSPS) is 12.3. The molecule has 154 valence electrons. The first kappa shape index (κ1) is 22.3. The van der Waals surface area contributed by atoms with Crippen LogP contribution in [0.5, 0.6) is 0 Å². The van der Waals surface area contributed by atoms with Crippen LogP contribution >= 0.6 is 11.6 Å². The van der Waals surface area contributed by atoms with E-state index in [4.69, 9.17) is 22.1 Å². The second-order valence-electron chi connectivity index (χ2n) is 6.89. The minimum absolute atomic E-state index is 0.0134. The van der Waals surface area contributed by atoms with E-state index in [1.807, 2.05) is 6.92 Å². The fraction of sp³-hybridized carbons (Fsp3) is 0.550. The van der Waals surface area contributed by atoms with Crippen LogP contribution in [0.3, 0.4) is 0 Å². The zero-order valence-electron chi connectivity index (χ0n) is 16.8. The Bertz CT molecular complexity index is 868. The van der Waals surface area contributed by atoms with Crippen molar-refractivity contribution in [1.82, 2.24) is 14.5 Å². The van der Waals surface area contributed by atoms with E-state index < -0.39 is 0 Å². The number of nitrogens with zero attached hydrogens (tertiary/aromatic N) is 3. The molecule has 0 aliphatic heterocycles. The number of carbonyl (C=O) groups is 1. The molecule has 0 saturated carbocycles. The van der Waals surface area contributed by atoms with E-state index in [9.17, 15) is 9.59 Å². The average Bonchev–Trinajstić information content (AvgIpc) is 2.67. The summed E-state index contributed by atoms with van der Waals surface area (Å²) in [5.74, 6) is 0.389. The largest absolute Gasteiger partial charge is 0.375 e. The van der Waals surface area contributed by atoms with E-state index in [1.165, 1.54) is 11.7 Å². The first-order valence-corrected chi connectivity index (χ1v) is 9.93. The summed E-state index contributed by atoms with van der Waals surface area (Å²) in [5.41, 5.74) is 5.90. The van der Waals surface area contributed by atoms with Gasteiger partial charge in [-0.1, -0.05) is 24.4 Å². The Hall–Kier alpha value is -1.96. The van der Waals surface area contributed by atoms with Gasteiger partial charge in [-0.25, -0.2) is 4.98 Å². The van der Waals surface area contributed by atoms with E-state index in [0.717, 1.165) is 25.7 Å². The Morgan fingerprint density at radius 3 is 2.71 bits per heavy atom. The molecular formula is C20H29ClN4O3. The summed E-state index contributed by atoms with van der Waals surface area (Å²) in [4.78, 5) is 31.8. The number of methoxy groups -OCH3 is 1. The van der Waals surface area contributed by atoms with E-state index in [0.29, 0.717) is 34.8 Å². The summed E-state index contributed by atoms with van der Waals surface area (Å²) in [5, 5.41) is 1.01. The molecule has 28 heavy (non-hydrogen) atoms. The summed E-state index contributed by atoms with van der Waals surface area (Å²) < 4.78 is 6.54. The van der Waals surface area contributed by atoms with Crippen molar-refractivity contribution in [1.29, 1.82) is 0 Å². The van der Waals surface area contributed by atoms with Gasteiger partial charge < -0.3 is 15.4 Å². The summed E-state index contributed by atoms with van der Waals surface area (Å²) in [6.45, 7) is 3.11. The number of halogens is 1. The lowest BCUT2D eigenvalue weighted by Gasteiger charge is -2.30. The van der Waals surface area contributed by atoms with Gasteiger partial charge in [-0.05, 0) is 44.5 Å². The SMILES string of the molecule is COCC(=O)N(CCCCCCN)C(C)c1nc2cc(Cl)ccc2c(=O)n1C. The van der Waals surface area contributed by atoms with Gasteiger partial charge in [0.15, 0.2) is 0 Å². The molecule has 1 aromatic carbocycles. The third-order valence-electron chi connectivity index (χ3n) is 4.86. The van der Waals surface area contributed by atoms with Crippen molar-refractivity contribution >= 4 is 28.4 Å². The molecule has 2 rings (SSSR count). The maximum atomic E-state index is 12.8. The van der Waals surface area contributed by atoms with Crippen molar-refractivity contribution < 1.29 is 9.53 Å². The molecule has 1 atom stereocenters. The molecule has 0 aliphatic rings. The van der Waals surface area contributed by atoms with Crippen LogP contribution in [-0.4, -0.2) is 47.2 Å². The Labute approximate surface area is 170 Å². The molecule has 1 heterocycles. The summed E-state index contributed by atoms with van der Waals surface area (Å²) in [6.07, 6.45) is 3.85. The van der Waals surface area contributed by atoms with Gasteiger partial charge >= 0.3 is 0 Å². The van der Waals surface area contributed by atoms with Gasteiger partial charge in [-0.15, -0.1) is 0 Å². The lowest BCUT2D eigenvalue weighted by molar-refractivity contribution is -0.137.